The van der Waals surface area contributed by atoms with Crippen LogP contribution >= 0.6 is 0 Å². The number of nitrogens with one attached hydrogen (secondary N) is 1. The van der Waals surface area contributed by atoms with Gasteiger partial charge in [-0.3, -0.25) is 14.8 Å². The minimum Gasteiger partial charge on any atom is -0.350 e. The van der Waals surface area contributed by atoms with Crippen LogP contribution in [0.15, 0.2) is 12.4 Å². The Morgan fingerprint density at radius 1 is 1.33 bits per heavy atom. The molecule has 5 nitrogen and oxygen atoms in total. The highest BCUT2D eigenvalue weighted by Crippen LogP contribution is 2.23. The zero-order chi connectivity index (χ0) is 13.0. The van der Waals surface area contributed by atoms with E-state index in [1.165, 1.54) is 0 Å². The van der Waals surface area contributed by atoms with E-state index in [1.54, 1.807) is 12.4 Å². The maximum Gasteiger partial charge on any atom is 0.223 e. The Kier molecular flexibility index (Phi) is 4.25. The molecule has 3 N–H and O–H groups in total. The molecule has 0 unspecified atom stereocenters. The molecule has 1 fully saturated rings. The third-order valence-electron chi connectivity index (χ3n) is 3.42. The SMILES string of the molecule is Cc1cnc(CNC(=O)C2CCC(N)CC2)cn1. The van der Waals surface area contributed by atoms with Crippen molar-refractivity contribution in [1.29, 1.82) is 0 Å². The molecule has 5 heteroatoms. The fourth-order valence-corrected chi connectivity index (χ4v) is 2.21. The van der Waals surface area contributed by atoms with E-state index in [2.05, 4.69) is 15.3 Å². The van der Waals surface area contributed by atoms with Crippen LogP contribution in [0.25, 0.3) is 0 Å². The Hall–Kier alpha value is -1.49. The van der Waals surface area contributed by atoms with Gasteiger partial charge in [0.15, 0.2) is 0 Å². The van der Waals surface area contributed by atoms with E-state index >= 15 is 0 Å². The van der Waals surface area contributed by atoms with Gasteiger partial charge in [-0.05, 0) is 32.6 Å². The molecule has 2 rings (SSSR count). The molecule has 98 valence electrons. The van der Waals surface area contributed by atoms with Gasteiger partial charge in [0.2, 0.25) is 5.91 Å². The summed E-state index contributed by atoms with van der Waals surface area (Å²) in [5.41, 5.74) is 7.50. The first-order chi connectivity index (χ1) is 8.65. The highest BCUT2D eigenvalue weighted by atomic mass is 16.1. The fourth-order valence-electron chi connectivity index (χ4n) is 2.21. The normalized spacial score (nSPS) is 23.7. The third-order valence-corrected chi connectivity index (χ3v) is 3.42. The lowest BCUT2D eigenvalue weighted by atomic mass is 9.86. The smallest absolute Gasteiger partial charge is 0.223 e. The van der Waals surface area contributed by atoms with Gasteiger partial charge in [0.25, 0.3) is 0 Å². The molecule has 0 aromatic carbocycles. The summed E-state index contributed by atoms with van der Waals surface area (Å²) >= 11 is 0. The van der Waals surface area contributed by atoms with Crippen molar-refractivity contribution >= 4 is 5.91 Å². The van der Waals surface area contributed by atoms with E-state index in [1.807, 2.05) is 6.92 Å². The summed E-state index contributed by atoms with van der Waals surface area (Å²) in [6.45, 7) is 2.34. The number of nitrogens with zero attached hydrogens (tertiary/aromatic N) is 2. The molecule has 1 aromatic heterocycles. The minimum absolute atomic E-state index is 0.114. The lowest BCUT2D eigenvalue weighted by molar-refractivity contribution is -0.126. The van der Waals surface area contributed by atoms with Crippen LogP contribution in [0.2, 0.25) is 0 Å². The zero-order valence-corrected chi connectivity index (χ0v) is 10.7. The number of carbonyl (C=O) groups is 1. The van der Waals surface area contributed by atoms with E-state index < -0.39 is 0 Å². The fraction of sp³-hybridized carbons (Fsp3) is 0.615. The second-order valence-electron chi connectivity index (χ2n) is 4.98. The average molecular weight is 248 g/mol. The van der Waals surface area contributed by atoms with Crippen molar-refractivity contribution < 1.29 is 4.79 Å². The number of hydrogen-bond acceptors (Lipinski definition) is 4. The zero-order valence-electron chi connectivity index (χ0n) is 10.7. The average Bonchev–Trinajstić information content (AvgIpc) is 2.38. The van der Waals surface area contributed by atoms with Gasteiger partial charge in [0.05, 0.1) is 24.1 Å². The summed E-state index contributed by atoms with van der Waals surface area (Å²) in [5.74, 6) is 0.229. The Balaban J connectivity index is 1.79. The Labute approximate surface area is 107 Å². The van der Waals surface area contributed by atoms with E-state index in [-0.39, 0.29) is 17.9 Å². The van der Waals surface area contributed by atoms with E-state index in [0.717, 1.165) is 37.1 Å². The summed E-state index contributed by atoms with van der Waals surface area (Å²) in [6.07, 6.45) is 7.09. The molecule has 1 aliphatic carbocycles. The molecule has 1 saturated carbocycles. The van der Waals surface area contributed by atoms with Crippen LogP contribution in [0.1, 0.15) is 37.1 Å². The van der Waals surface area contributed by atoms with Crippen LogP contribution in [0.5, 0.6) is 0 Å². The number of carbonyl (C=O) groups excluding carboxylic acids is 1. The molecule has 1 heterocycles. The predicted molar refractivity (Wildman–Crippen MR) is 68.5 cm³/mol. The van der Waals surface area contributed by atoms with Gasteiger partial charge in [-0.2, -0.15) is 0 Å². The number of nitrogens with two attached hydrogens (primary N) is 1. The maximum atomic E-state index is 11.9. The Bertz CT molecular complexity index is 396. The van der Waals surface area contributed by atoms with Crippen molar-refractivity contribution in [2.45, 2.75) is 45.2 Å². The molecule has 0 spiro atoms. The molecule has 1 amide bonds. The summed E-state index contributed by atoms with van der Waals surface area (Å²) in [4.78, 5) is 20.3. The predicted octanol–water partition coefficient (Wildman–Crippen LogP) is 0.919. The lowest BCUT2D eigenvalue weighted by Crippen LogP contribution is -2.36. The van der Waals surface area contributed by atoms with Crippen LogP contribution < -0.4 is 11.1 Å². The van der Waals surface area contributed by atoms with E-state index in [9.17, 15) is 4.79 Å². The molecule has 1 aliphatic rings. The third kappa shape index (κ3) is 3.50. The van der Waals surface area contributed by atoms with E-state index in [0.29, 0.717) is 6.54 Å². The number of aryl methyl sites for hydroxylation is 1. The highest BCUT2D eigenvalue weighted by Gasteiger charge is 2.24. The highest BCUT2D eigenvalue weighted by molar-refractivity contribution is 5.78. The molecule has 0 saturated heterocycles. The van der Waals surface area contributed by atoms with E-state index in [4.69, 9.17) is 5.73 Å². The first-order valence-electron chi connectivity index (χ1n) is 6.46. The van der Waals surface area contributed by atoms with Gasteiger partial charge in [-0.1, -0.05) is 0 Å². The van der Waals surface area contributed by atoms with Gasteiger partial charge in [0, 0.05) is 18.2 Å². The number of hydrogen-bond donors (Lipinski definition) is 2. The summed E-state index contributed by atoms with van der Waals surface area (Å²) in [5, 5.41) is 2.92. The van der Waals surface area contributed by atoms with Crippen LogP contribution in [0.3, 0.4) is 0 Å². The number of aromatic nitrogens is 2. The molecule has 18 heavy (non-hydrogen) atoms. The van der Waals surface area contributed by atoms with Gasteiger partial charge in [0.1, 0.15) is 0 Å². The second kappa shape index (κ2) is 5.91. The second-order valence-corrected chi connectivity index (χ2v) is 4.98. The van der Waals surface area contributed by atoms with Crippen LogP contribution in [0.4, 0.5) is 0 Å². The lowest BCUT2D eigenvalue weighted by Gasteiger charge is -2.25. The molecule has 0 atom stereocenters. The number of amides is 1. The minimum atomic E-state index is 0.114. The van der Waals surface area contributed by atoms with Gasteiger partial charge < -0.3 is 11.1 Å². The molecular formula is C13H20N4O. The van der Waals surface area contributed by atoms with Gasteiger partial charge in [-0.25, -0.2) is 0 Å². The van der Waals surface area contributed by atoms with Crippen molar-refractivity contribution in [3.8, 4) is 0 Å². The largest absolute Gasteiger partial charge is 0.350 e. The van der Waals surface area contributed by atoms with Crippen LogP contribution in [-0.2, 0) is 11.3 Å². The first kappa shape index (κ1) is 13.0. The first-order valence-corrected chi connectivity index (χ1v) is 6.46. The van der Waals surface area contributed by atoms with Gasteiger partial charge >= 0.3 is 0 Å². The Morgan fingerprint density at radius 2 is 2.06 bits per heavy atom. The van der Waals surface area contributed by atoms with Crippen molar-refractivity contribution in [3.63, 3.8) is 0 Å². The van der Waals surface area contributed by atoms with Crippen LogP contribution in [-0.4, -0.2) is 21.9 Å². The van der Waals surface area contributed by atoms with Crippen LogP contribution in [0, 0.1) is 12.8 Å². The summed E-state index contributed by atoms with van der Waals surface area (Å²) in [6, 6.07) is 0.275. The number of rotatable bonds is 3. The Morgan fingerprint density at radius 3 is 2.67 bits per heavy atom. The maximum absolute atomic E-state index is 11.9. The molecule has 1 aromatic rings. The monoisotopic (exact) mass is 248 g/mol. The van der Waals surface area contributed by atoms with Crippen molar-refractivity contribution in [3.05, 3.63) is 23.8 Å². The molecule has 0 bridgehead atoms. The molecule has 0 radical (unpaired) electrons. The summed E-state index contributed by atoms with van der Waals surface area (Å²) in [7, 11) is 0. The van der Waals surface area contributed by atoms with Crippen molar-refractivity contribution in [2.75, 3.05) is 0 Å². The topological polar surface area (TPSA) is 80.9 Å². The van der Waals surface area contributed by atoms with Gasteiger partial charge in [-0.15, -0.1) is 0 Å². The molecule has 0 aliphatic heterocycles. The molecular weight excluding hydrogens is 228 g/mol. The van der Waals surface area contributed by atoms with Crippen molar-refractivity contribution in [2.24, 2.45) is 11.7 Å². The quantitative estimate of drug-likeness (QED) is 0.833. The summed E-state index contributed by atoms with van der Waals surface area (Å²) < 4.78 is 0. The standard InChI is InChI=1S/C13H20N4O/c1-9-6-16-12(7-15-9)8-17-13(18)10-2-4-11(14)5-3-10/h6-7,10-11H,2-5,8,14H2,1H3,(H,17,18). The van der Waals surface area contributed by atoms with Crippen molar-refractivity contribution in [1.82, 2.24) is 15.3 Å².